The third-order valence-corrected chi connectivity index (χ3v) is 1.92. The molecule has 0 aromatic heterocycles. The van der Waals surface area contributed by atoms with Crippen LogP contribution in [0, 0.1) is 5.92 Å². The molecule has 0 aliphatic carbocycles. The van der Waals surface area contributed by atoms with Gasteiger partial charge in [-0.05, 0) is 13.3 Å². The molecule has 1 aliphatic heterocycles. The number of nitrogens with one attached hydrogen (secondary N) is 1. The molecule has 0 spiro atoms. The van der Waals surface area contributed by atoms with Crippen molar-refractivity contribution in [3.8, 4) is 0 Å². The van der Waals surface area contributed by atoms with E-state index in [1.165, 1.54) is 0 Å². The van der Waals surface area contributed by atoms with Gasteiger partial charge in [0.15, 0.2) is 0 Å². The zero-order valence-electron chi connectivity index (χ0n) is 7.29. The minimum absolute atomic E-state index is 0.0620. The fourth-order valence-corrected chi connectivity index (χ4v) is 1.23. The molecule has 0 aromatic carbocycles. The van der Waals surface area contributed by atoms with Crippen LogP contribution in [-0.2, 0) is 14.3 Å². The maximum absolute atomic E-state index is 11.1. The van der Waals surface area contributed by atoms with Crippen LogP contribution < -0.4 is 5.32 Å². The summed E-state index contributed by atoms with van der Waals surface area (Å²) in [6.07, 6.45) is 0.553. The van der Waals surface area contributed by atoms with Crippen molar-refractivity contribution >= 4 is 11.9 Å². The van der Waals surface area contributed by atoms with Gasteiger partial charge in [0.2, 0.25) is 5.91 Å². The minimum atomic E-state index is -0.424. The first-order valence-electron chi connectivity index (χ1n) is 4.12. The summed E-state index contributed by atoms with van der Waals surface area (Å²) in [5.74, 6) is -0.456. The van der Waals surface area contributed by atoms with Gasteiger partial charge in [-0.15, -0.1) is 0 Å². The molecule has 0 bridgehead atoms. The highest BCUT2D eigenvalue weighted by molar-refractivity contribution is 5.89. The van der Waals surface area contributed by atoms with E-state index >= 15 is 0 Å². The van der Waals surface area contributed by atoms with Gasteiger partial charge in [-0.2, -0.15) is 0 Å². The summed E-state index contributed by atoms with van der Waals surface area (Å²) < 4.78 is 4.77. The number of carbonyl (C=O) groups excluding carboxylic acids is 2. The second-order valence-electron chi connectivity index (χ2n) is 2.95. The van der Waals surface area contributed by atoms with Crippen LogP contribution in [-0.4, -0.2) is 24.5 Å². The highest BCUT2D eigenvalue weighted by Crippen LogP contribution is 2.15. The van der Waals surface area contributed by atoms with Crippen molar-refractivity contribution in [3.63, 3.8) is 0 Å². The highest BCUT2D eigenvalue weighted by Gasteiger charge is 2.33. The van der Waals surface area contributed by atoms with Gasteiger partial charge in [0.25, 0.3) is 0 Å². The van der Waals surface area contributed by atoms with Gasteiger partial charge in [-0.3, -0.25) is 4.79 Å². The summed E-state index contributed by atoms with van der Waals surface area (Å²) in [4.78, 5) is 22.1. The maximum Gasteiger partial charge on any atom is 0.328 e. The van der Waals surface area contributed by atoms with Crippen LogP contribution in [0.4, 0.5) is 0 Å². The number of hydrogen-bond acceptors (Lipinski definition) is 3. The highest BCUT2D eigenvalue weighted by atomic mass is 16.5. The fraction of sp³-hybridized carbons (Fsp3) is 0.750. The van der Waals surface area contributed by atoms with Crippen LogP contribution in [0.5, 0.6) is 0 Å². The van der Waals surface area contributed by atoms with Crippen molar-refractivity contribution in [2.45, 2.75) is 26.3 Å². The molecule has 1 heterocycles. The molecule has 12 heavy (non-hydrogen) atoms. The van der Waals surface area contributed by atoms with E-state index in [0.717, 1.165) is 0 Å². The van der Waals surface area contributed by atoms with Gasteiger partial charge < -0.3 is 10.1 Å². The average Bonchev–Trinajstić information content (AvgIpc) is 2.33. The van der Waals surface area contributed by atoms with Crippen molar-refractivity contribution in [2.24, 2.45) is 5.92 Å². The first kappa shape index (κ1) is 9.03. The van der Waals surface area contributed by atoms with E-state index in [1.54, 1.807) is 13.8 Å². The monoisotopic (exact) mass is 171 g/mol. The fourth-order valence-electron chi connectivity index (χ4n) is 1.23. The number of esters is 1. The molecule has 4 nitrogen and oxygen atoms in total. The second-order valence-corrected chi connectivity index (χ2v) is 2.95. The van der Waals surface area contributed by atoms with Crippen molar-refractivity contribution in [2.75, 3.05) is 6.61 Å². The number of amides is 1. The van der Waals surface area contributed by atoms with Crippen LogP contribution in [0.3, 0.4) is 0 Å². The Morgan fingerprint density at radius 2 is 2.42 bits per heavy atom. The SMILES string of the molecule is CCOC(=O)C1CC(C)C(=O)N1. The number of hydrogen-bond donors (Lipinski definition) is 1. The second kappa shape index (κ2) is 3.56. The molecule has 1 fully saturated rings. The van der Waals surface area contributed by atoms with Crippen LogP contribution in [0.25, 0.3) is 0 Å². The van der Waals surface area contributed by atoms with Crippen molar-refractivity contribution in [3.05, 3.63) is 0 Å². The molecule has 1 saturated heterocycles. The minimum Gasteiger partial charge on any atom is -0.464 e. The van der Waals surface area contributed by atoms with E-state index in [4.69, 9.17) is 4.74 Å². The molecular formula is C8H13NO3. The molecular weight excluding hydrogens is 158 g/mol. The summed E-state index contributed by atoms with van der Waals surface area (Å²) in [7, 11) is 0. The van der Waals surface area contributed by atoms with E-state index in [9.17, 15) is 9.59 Å². The third-order valence-electron chi connectivity index (χ3n) is 1.92. The third kappa shape index (κ3) is 1.75. The zero-order chi connectivity index (χ0) is 9.14. The molecule has 1 rings (SSSR count). The van der Waals surface area contributed by atoms with E-state index in [-0.39, 0.29) is 17.8 Å². The topological polar surface area (TPSA) is 55.4 Å². The van der Waals surface area contributed by atoms with Crippen molar-refractivity contribution in [1.82, 2.24) is 5.32 Å². The Balaban J connectivity index is 2.46. The molecule has 2 atom stereocenters. The Labute approximate surface area is 71.3 Å². The summed E-state index contributed by atoms with van der Waals surface area (Å²) in [5.41, 5.74) is 0. The Bertz CT molecular complexity index is 202. The van der Waals surface area contributed by atoms with Crippen LogP contribution in [0.2, 0.25) is 0 Å². The lowest BCUT2D eigenvalue weighted by Crippen LogP contribution is -2.34. The van der Waals surface area contributed by atoms with E-state index in [0.29, 0.717) is 13.0 Å². The smallest absolute Gasteiger partial charge is 0.328 e. The molecule has 1 aliphatic rings. The largest absolute Gasteiger partial charge is 0.464 e. The van der Waals surface area contributed by atoms with Crippen molar-refractivity contribution < 1.29 is 14.3 Å². The number of rotatable bonds is 2. The Hall–Kier alpha value is -1.06. The van der Waals surface area contributed by atoms with Gasteiger partial charge in [-0.1, -0.05) is 6.92 Å². The van der Waals surface area contributed by atoms with E-state index < -0.39 is 6.04 Å². The summed E-state index contributed by atoms with van der Waals surface area (Å²) in [5, 5.41) is 2.57. The molecule has 0 aromatic rings. The molecule has 1 amide bonds. The zero-order valence-corrected chi connectivity index (χ0v) is 7.29. The standard InChI is InChI=1S/C8H13NO3/c1-3-12-8(11)6-4-5(2)7(10)9-6/h5-6H,3-4H2,1-2H3,(H,9,10). The maximum atomic E-state index is 11.1. The molecule has 0 radical (unpaired) electrons. The number of ether oxygens (including phenoxy) is 1. The molecule has 4 heteroatoms. The van der Waals surface area contributed by atoms with Gasteiger partial charge in [-0.25, -0.2) is 4.79 Å². The molecule has 0 saturated carbocycles. The van der Waals surface area contributed by atoms with Gasteiger partial charge in [0, 0.05) is 5.92 Å². The number of carbonyl (C=O) groups is 2. The predicted molar refractivity (Wildman–Crippen MR) is 42.3 cm³/mol. The summed E-state index contributed by atoms with van der Waals surface area (Å²) >= 11 is 0. The normalized spacial score (nSPS) is 28.3. The first-order valence-corrected chi connectivity index (χ1v) is 4.12. The summed E-state index contributed by atoms with van der Waals surface area (Å²) in [6.45, 7) is 3.91. The quantitative estimate of drug-likeness (QED) is 0.598. The Kier molecular flexibility index (Phi) is 2.68. The lowest BCUT2D eigenvalue weighted by molar-refractivity contribution is -0.145. The van der Waals surface area contributed by atoms with E-state index in [2.05, 4.69) is 5.32 Å². The Morgan fingerprint density at radius 3 is 2.83 bits per heavy atom. The van der Waals surface area contributed by atoms with Crippen LogP contribution >= 0.6 is 0 Å². The summed E-state index contributed by atoms with van der Waals surface area (Å²) in [6, 6.07) is -0.424. The van der Waals surface area contributed by atoms with Gasteiger partial charge in [0.05, 0.1) is 6.61 Å². The molecule has 1 N–H and O–H groups in total. The Morgan fingerprint density at radius 1 is 1.75 bits per heavy atom. The molecule has 2 unspecified atom stereocenters. The predicted octanol–water partition coefficient (Wildman–Crippen LogP) is 0.0741. The van der Waals surface area contributed by atoms with Crippen molar-refractivity contribution in [1.29, 1.82) is 0 Å². The lowest BCUT2D eigenvalue weighted by atomic mass is 10.1. The molecule has 68 valence electrons. The van der Waals surface area contributed by atoms with Crippen LogP contribution in [0.1, 0.15) is 20.3 Å². The average molecular weight is 171 g/mol. The van der Waals surface area contributed by atoms with Gasteiger partial charge in [0.1, 0.15) is 6.04 Å². The van der Waals surface area contributed by atoms with E-state index in [1.807, 2.05) is 0 Å². The lowest BCUT2D eigenvalue weighted by Gasteiger charge is -2.07. The first-order chi connectivity index (χ1) is 5.65. The van der Waals surface area contributed by atoms with Gasteiger partial charge >= 0.3 is 5.97 Å². The van der Waals surface area contributed by atoms with Crippen LogP contribution in [0.15, 0.2) is 0 Å².